The number of rotatable bonds is 5. The molecule has 0 aliphatic rings. The number of nitrogens with one attached hydrogen (secondary N) is 1. The molecule has 0 atom stereocenters. The summed E-state index contributed by atoms with van der Waals surface area (Å²) >= 11 is 0. The van der Waals surface area contributed by atoms with Crippen LogP contribution in [0.15, 0.2) is 49.3 Å². The maximum atomic E-state index is 4.10. The van der Waals surface area contributed by atoms with Gasteiger partial charge in [-0.15, -0.1) is 6.58 Å². The summed E-state index contributed by atoms with van der Waals surface area (Å²) in [5.74, 6) is 0. The molecule has 1 aromatic heterocycles. The highest BCUT2D eigenvalue weighted by Gasteiger charge is 1.95. The van der Waals surface area contributed by atoms with Crippen LogP contribution in [0.1, 0.15) is 12.0 Å². The molecule has 2 nitrogen and oxygen atoms in total. The molecule has 0 radical (unpaired) electrons. The first-order valence-electron chi connectivity index (χ1n) is 5.54. The summed E-state index contributed by atoms with van der Waals surface area (Å²) in [7, 11) is 0. The van der Waals surface area contributed by atoms with Crippen LogP contribution in [-0.2, 0) is 6.54 Å². The molecule has 82 valence electrons. The predicted molar refractivity (Wildman–Crippen MR) is 68.3 cm³/mol. The molecule has 0 saturated carbocycles. The summed E-state index contributed by atoms with van der Waals surface area (Å²) in [6.07, 6.45) is 6.66. The molecule has 0 bridgehead atoms. The third-order valence-corrected chi connectivity index (χ3v) is 2.56. The molecule has 0 fully saturated rings. The van der Waals surface area contributed by atoms with Gasteiger partial charge in [0.05, 0.1) is 0 Å². The van der Waals surface area contributed by atoms with E-state index in [2.05, 4.69) is 35.1 Å². The fourth-order valence-corrected chi connectivity index (χ4v) is 1.68. The molecule has 0 saturated heterocycles. The maximum absolute atomic E-state index is 4.10. The standard InChI is InChI=1S/C14H16N2/c1-2-3-7-15-10-12-4-5-14-11-16-8-6-13(14)9-12/h2,4-6,8-9,11,15H,1,3,7,10H2. The topological polar surface area (TPSA) is 24.9 Å². The van der Waals surface area contributed by atoms with Gasteiger partial charge in [-0.05, 0) is 36.0 Å². The van der Waals surface area contributed by atoms with E-state index in [9.17, 15) is 0 Å². The molecule has 1 heterocycles. The number of fused-ring (bicyclic) bond motifs is 1. The molecule has 0 aliphatic heterocycles. The second-order valence-electron chi connectivity index (χ2n) is 3.81. The van der Waals surface area contributed by atoms with Crippen molar-refractivity contribution in [3.05, 3.63) is 54.9 Å². The van der Waals surface area contributed by atoms with E-state index in [4.69, 9.17) is 0 Å². The summed E-state index contributed by atoms with van der Waals surface area (Å²) in [6.45, 7) is 5.59. The third-order valence-electron chi connectivity index (χ3n) is 2.56. The van der Waals surface area contributed by atoms with E-state index in [-0.39, 0.29) is 0 Å². The summed E-state index contributed by atoms with van der Waals surface area (Å²) in [4.78, 5) is 4.10. The molecule has 2 rings (SSSR count). The fourth-order valence-electron chi connectivity index (χ4n) is 1.68. The van der Waals surface area contributed by atoms with Crippen LogP contribution in [-0.4, -0.2) is 11.5 Å². The number of hydrogen-bond acceptors (Lipinski definition) is 2. The second-order valence-corrected chi connectivity index (χ2v) is 3.81. The van der Waals surface area contributed by atoms with Gasteiger partial charge in [-0.2, -0.15) is 0 Å². The van der Waals surface area contributed by atoms with E-state index in [1.807, 2.05) is 24.5 Å². The van der Waals surface area contributed by atoms with Crippen molar-refractivity contribution in [2.75, 3.05) is 6.54 Å². The van der Waals surface area contributed by atoms with Gasteiger partial charge in [0, 0.05) is 24.3 Å². The maximum Gasteiger partial charge on any atom is 0.0346 e. The Bertz CT molecular complexity index is 477. The molecule has 0 aliphatic carbocycles. The number of hydrogen-bond donors (Lipinski definition) is 1. The van der Waals surface area contributed by atoms with E-state index in [1.54, 1.807) is 0 Å². The highest BCUT2D eigenvalue weighted by Crippen LogP contribution is 2.14. The molecular weight excluding hydrogens is 196 g/mol. The molecule has 2 heteroatoms. The number of benzene rings is 1. The average molecular weight is 212 g/mol. The Balaban J connectivity index is 2.05. The predicted octanol–water partition coefficient (Wildman–Crippen LogP) is 2.90. The Morgan fingerprint density at radius 2 is 2.19 bits per heavy atom. The van der Waals surface area contributed by atoms with Crippen LogP contribution in [0.2, 0.25) is 0 Å². The van der Waals surface area contributed by atoms with Crippen LogP contribution in [0, 0.1) is 0 Å². The molecule has 16 heavy (non-hydrogen) atoms. The lowest BCUT2D eigenvalue weighted by Gasteiger charge is -2.04. The summed E-state index contributed by atoms with van der Waals surface area (Å²) < 4.78 is 0. The van der Waals surface area contributed by atoms with Crippen LogP contribution in [0.3, 0.4) is 0 Å². The molecule has 0 amide bonds. The molecular formula is C14H16N2. The summed E-state index contributed by atoms with van der Waals surface area (Å²) in [5, 5.41) is 5.82. The van der Waals surface area contributed by atoms with Crippen molar-refractivity contribution in [3.8, 4) is 0 Å². The number of nitrogens with zero attached hydrogens (tertiary/aromatic N) is 1. The SMILES string of the molecule is C=CCCNCc1ccc2cnccc2c1. The van der Waals surface area contributed by atoms with Crippen LogP contribution < -0.4 is 5.32 Å². The zero-order valence-corrected chi connectivity index (χ0v) is 9.32. The Morgan fingerprint density at radius 3 is 3.06 bits per heavy atom. The molecule has 2 aromatic rings. The van der Waals surface area contributed by atoms with Gasteiger partial charge in [-0.3, -0.25) is 4.98 Å². The van der Waals surface area contributed by atoms with Gasteiger partial charge in [0.15, 0.2) is 0 Å². The largest absolute Gasteiger partial charge is 0.312 e. The first kappa shape index (κ1) is 10.8. The van der Waals surface area contributed by atoms with E-state index in [1.165, 1.54) is 16.3 Å². The molecule has 1 aromatic carbocycles. The van der Waals surface area contributed by atoms with Crippen molar-refractivity contribution in [1.82, 2.24) is 10.3 Å². The minimum atomic E-state index is 0.909. The van der Waals surface area contributed by atoms with E-state index >= 15 is 0 Å². The van der Waals surface area contributed by atoms with E-state index < -0.39 is 0 Å². The van der Waals surface area contributed by atoms with Gasteiger partial charge in [0.25, 0.3) is 0 Å². The van der Waals surface area contributed by atoms with Gasteiger partial charge >= 0.3 is 0 Å². The number of pyridine rings is 1. The first-order valence-corrected chi connectivity index (χ1v) is 5.54. The number of aromatic nitrogens is 1. The quantitative estimate of drug-likeness (QED) is 0.609. The van der Waals surface area contributed by atoms with Crippen molar-refractivity contribution >= 4 is 10.8 Å². The second kappa shape index (κ2) is 5.42. The van der Waals surface area contributed by atoms with E-state index in [0.29, 0.717) is 0 Å². The zero-order chi connectivity index (χ0) is 11.2. The minimum Gasteiger partial charge on any atom is -0.312 e. The highest BCUT2D eigenvalue weighted by molar-refractivity contribution is 5.81. The van der Waals surface area contributed by atoms with Crippen molar-refractivity contribution < 1.29 is 0 Å². The Morgan fingerprint density at radius 1 is 1.25 bits per heavy atom. The highest BCUT2D eigenvalue weighted by atomic mass is 14.8. The molecule has 1 N–H and O–H groups in total. The Hall–Kier alpha value is -1.67. The minimum absolute atomic E-state index is 0.909. The fraction of sp³-hybridized carbons (Fsp3) is 0.214. The van der Waals surface area contributed by atoms with Gasteiger partial charge in [0.2, 0.25) is 0 Å². The monoisotopic (exact) mass is 212 g/mol. The van der Waals surface area contributed by atoms with E-state index in [0.717, 1.165) is 19.5 Å². The average Bonchev–Trinajstić information content (AvgIpc) is 2.34. The summed E-state index contributed by atoms with van der Waals surface area (Å²) in [5.41, 5.74) is 1.31. The zero-order valence-electron chi connectivity index (χ0n) is 9.32. The Kier molecular flexibility index (Phi) is 3.67. The third kappa shape index (κ3) is 2.67. The normalized spacial score (nSPS) is 10.5. The Labute approximate surface area is 96.0 Å². The van der Waals surface area contributed by atoms with Gasteiger partial charge in [0.1, 0.15) is 0 Å². The molecule has 0 spiro atoms. The van der Waals surface area contributed by atoms with Crippen molar-refractivity contribution in [2.45, 2.75) is 13.0 Å². The van der Waals surface area contributed by atoms with Crippen LogP contribution in [0.5, 0.6) is 0 Å². The van der Waals surface area contributed by atoms with Crippen LogP contribution in [0.25, 0.3) is 10.8 Å². The van der Waals surface area contributed by atoms with Gasteiger partial charge in [-0.1, -0.05) is 18.2 Å². The van der Waals surface area contributed by atoms with Gasteiger partial charge in [-0.25, -0.2) is 0 Å². The van der Waals surface area contributed by atoms with Crippen LogP contribution in [0.4, 0.5) is 0 Å². The summed E-state index contributed by atoms with van der Waals surface area (Å²) in [6, 6.07) is 8.51. The molecule has 0 unspecified atom stereocenters. The lowest BCUT2D eigenvalue weighted by Crippen LogP contribution is -2.13. The van der Waals surface area contributed by atoms with Crippen LogP contribution >= 0.6 is 0 Å². The smallest absolute Gasteiger partial charge is 0.0346 e. The lowest BCUT2D eigenvalue weighted by molar-refractivity contribution is 0.696. The van der Waals surface area contributed by atoms with Gasteiger partial charge < -0.3 is 5.32 Å². The first-order chi connectivity index (χ1) is 7.90. The van der Waals surface area contributed by atoms with Crippen molar-refractivity contribution in [1.29, 1.82) is 0 Å². The van der Waals surface area contributed by atoms with Crippen molar-refractivity contribution in [2.24, 2.45) is 0 Å². The lowest BCUT2D eigenvalue weighted by atomic mass is 10.1. The van der Waals surface area contributed by atoms with Crippen molar-refractivity contribution in [3.63, 3.8) is 0 Å².